The summed E-state index contributed by atoms with van der Waals surface area (Å²) in [7, 11) is -2.41. The minimum atomic E-state index is -3.63. The smallest absolute Gasteiger partial charge is 0.410 e. The molecule has 13 nitrogen and oxygen atoms in total. The highest BCUT2D eigenvalue weighted by Crippen LogP contribution is 2.20. The summed E-state index contributed by atoms with van der Waals surface area (Å²) in [5.74, 6) is -0.412. The molecule has 0 radical (unpaired) electrons. The molecule has 0 aromatic heterocycles. The Balaban J connectivity index is 1.47. The maximum Gasteiger partial charge on any atom is 0.410 e. The van der Waals surface area contributed by atoms with Gasteiger partial charge in [-0.15, -0.1) is 0 Å². The first-order chi connectivity index (χ1) is 21.3. The van der Waals surface area contributed by atoms with E-state index in [1.54, 1.807) is 29.2 Å². The number of methoxy groups -OCH3 is 1. The van der Waals surface area contributed by atoms with Crippen molar-refractivity contribution in [2.75, 3.05) is 58.7 Å². The molecule has 1 amide bonds. The molecule has 2 fully saturated rings. The van der Waals surface area contributed by atoms with Crippen LogP contribution in [0.2, 0.25) is 0 Å². The van der Waals surface area contributed by atoms with Crippen LogP contribution in [0.5, 0.6) is 5.75 Å². The third-order valence-corrected chi connectivity index (χ3v) is 8.97. The van der Waals surface area contributed by atoms with Crippen molar-refractivity contribution in [2.24, 2.45) is 0 Å². The molecule has 0 aliphatic carbocycles. The van der Waals surface area contributed by atoms with Crippen LogP contribution in [-0.2, 0) is 40.2 Å². The van der Waals surface area contributed by atoms with Gasteiger partial charge in [-0.2, -0.15) is 0 Å². The van der Waals surface area contributed by atoms with Crippen molar-refractivity contribution in [2.45, 2.75) is 83.6 Å². The summed E-state index contributed by atoms with van der Waals surface area (Å²) in [5, 5.41) is 3.31. The van der Waals surface area contributed by atoms with Crippen LogP contribution in [0.25, 0.3) is 0 Å². The predicted molar refractivity (Wildman–Crippen MR) is 168 cm³/mol. The molecule has 2 saturated heterocycles. The molecule has 45 heavy (non-hydrogen) atoms. The van der Waals surface area contributed by atoms with Gasteiger partial charge >= 0.3 is 18.0 Å². The largest absolute Gasteiger partial charge is 0.490 e. The molecule has 2 aliphatic rings. The van der Waals surface area contributed by atoms with E-state index < -0.39 is 39.8 Å². The third kappa shape index (κ3) is 12.4. The molecule has 0 saturated carbocycles. The Morgan fingerprint density at radius 2 is 1.80 bits per heavy atom. The second-order valence-corrected chi connectivity index (χ2v) is 14.3. The lowest BCUT2D eigenvalue weighted by Crippen LogP contribution is -2.52. The Bertz CT molecular complexity index is 1210. The van der Waals surface area contributed by atoms with Gasteiger partial charge in [-0.3, -0.25) is 14.5 Å². The van der Waals surface area contributed by atoms with Gasteiger partial charge in [-0.05, 0) is 64.2 Å². The first-order valence-corrected chi connectivity index (χ1v) is 17.4. The molecule has 0 bridgehead atoms. The zero-order valence-electron chi connectivity index (χ0n) is 27.2. The van der Waals surface area contributed by atoms with Gasteiger partial charge in [0.1, 0.15) is 30.0 Å². The molecule has 1 aromatic rings. The number of sulfonamides is 1. The van der Waals surface area contributed by atoms with Crippen LogP contribution in [0.4, 0.5) is 4.79 Å². The van der Waals surface area contributed by atoms with Crippen LogP contribution in [0.1, 0.15) is 58.9 Å². The van der Waals surface area contributed by atoms with Crippen LogP contribution >= 0.6 is 0 Å². The Morgan fingerprint density at radius 1 is 1.11 bits per heavy atom. The average Bonchev–Trinajstić information content (AvgIpc) is 3.35. The molecular weight excluding hydrogens is 604 g/mol. The van der Waals surface area contributed by atoms with Gasteiger partial charge in [0.2, 0.25) is 10.0 Å². The van der Waals surface area contributed by atoms with E-state index in [0.29, 0.717) is 38.1 Å². The lowest BCUT2D eigenvalue weighted by molar-refractivity contribution is -0.162. The summed E-state index contributed by atoms with van der Waals surface area (Å²) >= 11 is 0. The quantitative estimate of drug-likeness (QED) is 0.188. The number of carbonyl (C=O) groups is 3. The maximum absolute atomic E-state index is 13.0. The minimum absolute atomic E-state index is 0.0595. The molecule has 3 atom stereocenters. The molecular formula is C31H50N4O9S. The van der Waals surface area contributed by atoms with E-state index in [1.807, 2.05) is 27.7 Å². The van der Waals surface area contributed by atoms with E-state index in [1.165, 1.54) is 7.11 Å². The van der Waals surface area contributed by atoms with Crippen molar-refractivity contribution in [3.8, 4) is 5.75 Å². The Hall–Kier alpha value is -2.94. The van der Waals surface area contributed by atoms with Gasteiger partial charge in [0, 0.05) is 32.7 Å². The summed E-state index contributed by atoms with van der Waals surface area (Å²) in [6.45, 7) is 11.6. The van der Waals surface area contributed by atoms with Crippen molar-refractivity contribution >= 4 is 28.1 Å². The van der Waals surface area contributed by atoms with E-state index in [4.69, 9.17) is 18.9 Å². The van der Waals surface area contributed by atoms with E-state index in [9.17, 15) is 22.8 Å². The Labute approximate surface area is 267 Å². The number of ether oxygens (including phenoxy) is 4. The summed E-state index contributed by atoms with van der Waals surface area (Å²) in [6.07, 6.45) is 1.67. The summed E-state index contributed by atoms with van der Waals surface area (Å²) in [5.41, 5.74) is 0.148. The van der Waals surface area contributed by atoms with Crippen LogP contribution in [0.15, 0.2) is 24.3 Å². The van der Waals surface area contributed by atoms with Crippen LogP contribution in [-0.4, -0.2) is 119 Å². The van der Waals surface area contributed by atoms with E-state index >= 15 is 0 Å². The number of esters is 2. The first-order valence-electron chi connectivity index (χ1n) is 15.7. The van der Waals surface area contributed by atoms with Gasteiger partial charge in [0.05, 0.1) is 19.4 Å². The van der Waals surface area contributed by atoms with E-state index in [-0.39, 0.29) is 30.8 Å². The Kier molecular flexibility index (Phi) is 13.9. The monoisotopic (exact) mass is 654 g/mol. The summed E-state index contributed by atoms with van der Waals surface area (Å²) < 4.78 is 49.0. The number of amides is 1. The molecule has 0 spiro atoms. The number of cyclic esters (lactones) is 1. The molecule has 254 valence electrons. The maximum atomic E-state index is 13.0. The number of rotatable bonds is 17. The number of hydrogen-bond acceptors (Lipinski definition) is 11. The molecule has 2 N–H and O–H groups in total. The van der Waals surface area contributed by atoms with Crippen molar-refractivity contribution in [1.82, 2.24) is 19.8 Å². The summed E-state index contributed by atoms with van der Waals surface area (Å²) in [6, 6.07) is 5.53. The van der Waals surface area contributed by atoms with Gasteiger partial charge in [-0.1, -0.05) is 25.5 Å². The van der Waals surface area contributed by atoms with Crippen LogP contribution in [0, 0.1) is 0 Å². The van der Waals surface area contributed by atoms with E-state index in [2.05, 4.69) is 14.9 Å². The molecule has 3 rings (SSSR count). The molecule has 3 unspecified atom stereocenters. The van der Waals surface area contributed by atoms with Crippen LogP contribution < -0.4 is 14.8 Å². The lowest BCUT2D eigenvalue weighted by atomic mass is 10.1. The number of piperazine rings is 1. The van der Waals surface area contributed by atoms with Crippen molar-refractivity contribution in [3.63, 3.8) is 0 Å². The highest BCUT2D eigenvalue weighted by molar-refractivity contribution is 7.89. The number of hydrogen-bond donors (Lipinski definition) is 2. The number of benzene rings is 1. The van der Waals surface area contributed by atoms with Crippen LogP contribution in [0.3, 0.4) is 0 Å². The second kappa shape index (κ2) is 17.1. The number of unbranched alkanes of at least 4 members (excludes halogenated alkanes) is 1. The Morgan fingerprint density at radius 3 is 2.42 bits per heavy atom. The predicted octanol–water partition coefficient (Wildman–Crippen LogP) is 2.09. The van der Waals surface area contributed by atoms with Gasteiger partial charge in [-0.25, -0.2) is 17.9 Å². The topological polar surface area (TPSA) is 153 Å². The van der Waals surface area contributed by atoms with Crippen molar-refractivity contribution < 1.29 is 41.7 Å². The highest BCUT2D eigenvalue weighted by Gasteiger charge is 2.34. The first kappa shape index (κ1) is 36.5. The van der Waals surface area contributed by atoms with E-state index in [0.717, 1.165) is 38.2 Å². The number of nitrogens with zero attached hydrogens (tertiary/aromatic N) is 2. The number of nitrogens with one attached hydrogen (secondary N) is 2. The number of carbonyl (C=O) groups excluding carboxylic acids is 3. The van der Waals surface area contributed by atoms with Crippen molar-refractivity contribution in [1.29, 1.82) is 0 Å². The average molecular weight is 655 g/mol. The summed E-state index contributed by atoms with van der Waals surface area (Å²) in [4.78, 5) is 41.5. The fourth-order valence-corrected chi connectivity index (χ4v) is 6.60. The minimum Gasteiger partial charge on any atom is -0.490 e. The lowest BCUT2D eigenvalue weighted by Gasteiger charge is -2.35. The normalized spacial score (nSPS) is 19.1. The standard InChI is InChI=1S/C31H50N4O9S/c1-6-7-19-45(39,40)33-26(28(36)41-5)20-23-10-12-24(13-11-23)42-22-25-21-35(30(38)43-25)16-8-9-27(29(37)44-31(2,3)4)34-17-14-32-15-18-34/h10-13,25-27,32-33H,6-9,14-22H2,1-5H3. The van der Waals surface area contributed by atoms with Crippen molar-refractivity contribution in [3.05, 3.63) is 29.8 Å². The van der Waals surface area contributed by atoms with Gasteiger partial charge in [0.15, 0.2) is 6.10 Å². The highest BCUT2D eigenvalue weighted by atomic mass is 32.2. The SMILES string of the molecule is CCCCS(=O)(=O)NC(Cc1ccc(OCC2CN(CCCC(C(=O)OC(C)(C)C)N3CCNCC3)C(=O)O2)cc1)C(=O)OC. The zero-order valence-corrected chi connectivity index (χ0v) is 28.0. The van der Waals surface area contributed by atoms with Gasteiger partial charge in [0.25, 0.3) is 0 Å². The molecule has 2 aliphatic heterocycles. The van der Waals surface area contributed by atoms with Gasteiger partial charge < -0.3 is 29.2 Å². The zero-order chi connectivity index (χ0) is 33.0. The fraction of sp³-hybridized carbons (Fsp3) is 0.710. The third-order valence-electron chi connectivity index (χ3n) is 7.50. The second-order valence-electron chi connectivity index (χ2n) is 12.5. The molecule has 2 heterocycles. The fourth-order valence-electron chi connectivity index (χ4n) is 5.20. The molecule has 14 heteroatoms. The molecule has 1 aromatic carbocycles.